The van der Waals surface area contributed by atoms with Crippen molar-refractivity contribution in [2.45, 2.75) is 51.6 Å². The molecule has 0 aliphatic rings. The highest BCUT2D eigenvalue weighted by molar-refractivity contribution is 7.99. The van der Waals surface area contributed by atoms with Crippen LogP contribution in [0.5, 0.6) is 0 Å². The van der Waals surface area contributed by atoms with Gasteiger partial charge in [-0.25, -0.2) is 0 Å². The van der Waals surface area contributed by atoms with Gasteiger partial charge >= 0.3 is 0 Å². The summed E-state index contributed by atoms with van der Waals surface area (Å²) in [6.07, 6.45) is 0. The molecule has 1 atom stereocenters. The molecule has 0 saturated heterocycles. The molecule has 0 heterocycles. The molecule has 2 rings (SSSR count). The number of amides is 2. The number of hydrogen-bond acceptors (Lipinski definition) is 3. The zero-order valence-corrected chi connectivity index (χ0v) is 21.1. The largest absolute Gasteiger partial charge is 0.350 e. The van der Waals surface area contributed by atoms with Crippen molar-refractivity contribution in [2.75, 3.05) is 5.75 Å². The normalized spacial score (nSPS) is 12.4. The summed E-state index contributed by atoms with van der Waals surface area (Å²) in [5, 5.41) is 4.47. The van der Waals surface area contributed by atoms with Gasteiger partial charge in [-0.1, -0.05) is 53.0 Å². The summed E-state index contributed by atoms with van der Waals surface area (Å²) in [5.74, 6) is 0.548. The van der Waals surface area contributed by atoms with Gasteiger partial charge in [0.05, 0.1) is 15.8 Å². The van der Waals surface area contributed by atoms with Crippen LogP contribution in [0.25, 0.3) is 0 Å². The minimum absolute atomic E-state index is 0.130. The van der Waals surface area contributed by atoms with E-state index in [1.807, 2.05) is 51.1 Å². The van der Waals surface area contributed by atoms with E-state index in [2.05, 4.69) is 5.32 Å². The Labute approximate surface area is 203 Å². The molecule has 0 fully saturated rings. The molecule has 168 valence electrons. The van der Waals surface area contributed by atoms with Crippen LogP contribution in [0.4, 0.5) is 0 Å². The van der Waals surface area contributed by atoms with Gasteiger partial charge in [-0.05, 0) is 63.1 Å². The molecule has 2 amide bonds. The van der Waals surface area contributed by atoms with E-state index in [4.69, 9.17) is 34.8 Å². The molecule has 8 heteroatoms. The maximum atomic E-state index is 13.1. The van der Waals surface area contributed by atoms with Gasteiger partial charge in [-0.3, -0.25) is 9.59 Å². The van der Waals surface area contributed by atoms with E-state index in [0.717, 1.165) is 11.1 Å². The van der Waals surface area contributed by atoms with Gasteiger partial charge in [0.1, 0.15) is 6.04 Å². The summed E-state index contributed by atoms with van der Waals surface area (Å²) in [7, 11) is 0. The third-order valence-electron chi connectivity index (χ3n) is 4.39. The molecule has 31 heavy (non-hydrogen) atoms. The lowest BCUT2D eigenvalue weighted by Crippen LogP contribution is -2.52. The van der Waals surface area contributed by atoms with Crippen molar-refractivity contribution in [3.8, 4) is 0 Å². The summed E-state index contributed by atoms with van der Waals surface area (Å²) >= 11 is 19.7. The van der Waals surface area contributed by atoms with E-state index in [-0.39, 0.29) is 24.1 Å². The van der Waals surface area contributed by atoms with Gasteiger partial charge in [-0.15, -0.1) is 11.8 Å². The fourth-order valence-corrected chi connectivity index (χ4v) is 4.25. The Morgan fingerprint density at radius 3 is 2.35 bits per heavy atom. The summed E-state index contributed by atoms with van der Waals surface area (Å²) in [4.78, 5) is 27.5. The Morgan fingerprint density at radius 1 is 1.03 bits per heavy atom. The van der Waals surface area contributed by atoms with Crippen LogP contribution >= 0.6 is 46.6 Å². The third-order valence-corrected chi connectivity index (χ3v) is 6.35. The maximum Gasteiger partial charge on any atom is 0.242 e. The summed E-state index contributed by atoms with van der Waals surface area (Å²) in [6, 6.07) is 12.1. The second-order valence-corrected chi connectivity index (χ2v) is 10.5. The average Bonchev–Trinajstić information content (AvgIpc) is 2.67. The van der Waals surface area contributed by atoms with E-state index < -0.39 is 11.6 Å². The molecule has 0 saturated carbocycles. The van der Waals surface area contributed by atoms with Gasteiger partial charge in [0, 0.05) is 22.9 Å². The molecule has 2 aromatic rings. The Morgan fingerprint density at radius 2 is 1.74 bits per heavy atom. The molecule has 2 aromatic carbocycles. The lowest BCUT2D eigenvalue weighted by atomic mass is 10.1. The molecule has 0 aliphatic carbocycles. The second-order valence-electron chi connectivity index (χ2n) is 8.31. The summed E-state index contributed by atoms with van der Waals surface area (Å²) < 4.78 is 0. The van der Waals surface area contributed by atoms with Crippen molar-refractivity contribution >= 4 is 58.4 Å². The number of carbonyl (C=O) groups is 2. The van der Waals surface area contributed by atoms with Crippen molar-refractivity contribution in [1.29, 1.82) is 0 Å². The fourth-order valence-electron chi connectivity index (χ4n) is 2.86. The monoisotopic (exact) mass is 500 g/mol. The molecular formula is C23H27Cl3N2O2S. The highest BCUT2D eigenvalue weighted by Gasteiger charge is 2.28. The number of nitrogens with one attached hydrogen (secondary N) is 1. The number of carbonyl (C=O) groups excluding carboxylic acids is 2. The molecule has 1 N–H and O–H groups in total. The van der Waals surface area contributed by atoms with Crippen LogP contribution in [0, 0.1) is 0 Å². The van der Waals surface area contributed by atoms with E-state index in [1.54, 1.807) is 24.0 Å². The first-order valence-corrected chi connectivity index (χ1v) is 12.1. The molecule has 0 unspecified atom stereocenters. The predicted octanol–water partition coefficient (Wildman–Crippen LogP) is 6.21. The lowest BCUT2D eigenvalue weighted by molar-refractivity contribution is -0.139. The van der Waals surface area contributed by atoms with Crippen LogP contribution in [0.1, 0.15) is 38.8 Å². The second kappa shape index (κ2) is 11.5. The Hall–Kier alpha value is -1.40. The van der Waals surface area contributed by atoms with E-state index >= 15 is 0 Å². The number of hydrogen-bond donors (Lipinski definition) is 1. The maximum absolute atomic E-state index is 13.1. The fraction of sp³-hybridized carbons (Fsp3) is 0.391. The Kier molecular flexibility index (Phi) is 9.56. The summed E-state index contributed by atoms with van der Waals surface area (Å²) in [6.45, 7) is 7.71. The van der Waals surface area contributed by atoms with Gasteiger partial charge in [-0.2, -0.15) is 0 Å². The van der Waals surface area contributed by atoms with E-state index in [9.17, 15) is 9.59 Å². The highest BCUT2D eigenvalue weighted by Crippen LogP contribution is 2.24. The molecule has 4 nitrogen and oxygen atoms in total. The number of halogens is 3. The third kappa shape index (κ3) is 8.57. The van der Waals surface area contributed by atoms with Crippen molar-refractivity contribution in [1.82, 2.24) is 10.2 Å². The minimum atomic E-state index is -0.645. The van der Waals surface area contributed by atoms with Crippen molar-refractivity contribution in [3.63, 3.8) is 0 Å². The lowest BCUT2D eigenvalue weighted by Gasteiger charge is -2.31. The van der Waals surface area contributed by atoms with E-state index in [0.29, 0.717) is 20.8 Å². The van der Waals surface area contributed by atoms with Crippen LogP contribution in [-0.2, 0) is 21.9 Å². The van der Waals surface area contributed by atoms with Crippen molar-refractivity contribution in [3.05, 3.63) is 68.7 Å². The van der Waals surface area contributed by atoms with Gasteiger partial charge < -0.3 is 10.2 Å². The highest BCUT2D eigenvalue weighted by atomic mass is 35.5. The van der Waals surface area contributed by atoms with Crippen LogP contribution in [0.2, 0.25) is 15.1 Å². The number of rotatable bonds is 8. The molecule has 0 radical (unpaired) electrons. The average molecular weight is 502 g/mol. The Bertz CT molecular complexity index is 931. The SMILES string of the molecule is C[C@@H](C(=O)NC(C)(C)C)N(Cc1ccc(Cl)c(Cl)c1)C(=O)CSCc1cccc(Cl)c1. The zero-order valence-electron chi connectivity index (χ0n) is 18.0. The van der Waals surface area contributed by atoms with Crippen LogP contribution in [0.15, 0.2) is 42.5 Å². The van der Waals surface area contributed by atoms with Crippen molar-refractivity contribution in [2.24, 2.45) is 0 Å². The van der Waals surface area contributed by atoms with Crippen molar-refractivity contribution < 1.29 is 9.59 Å². The standard InChI is InChI=1S/C23H27Cl3N2O2S/c1-15(22(30)27-23(2,3)4)28(12-16-8-9-19(25)20(26)11-16)21(29)14-31-13-17-6-5-7-18(24)10-17/h5-11,15H,12-14H2,1-4H3,(H,27,30)/t15-/m0/s1. The van der Waals surface area contributed by atoms with Crippen LogP contribution in [-0.4, -0.2) is 34.0 Å². The predicted molar refractivity (Wildman–Crippen MR) is 132 cm³/mol. The van der Waals surface area contributed by atoms with Crippen LogP contribution < -0.4 is 5.32 Å². The number of nitrogens with zero attached hydrogens (tertiary/aromatic N) is 1. The quantitative estimate of drug-likeness (QED) is 0.468. The summed E-state index contributed by atoms with van der Waals surface area (Å²) in [5.41, 5.74) is 1.45. The van der Waals surface area contributed by atoms with Crippen LogP contribution in [0.3, 0.4) is 0 Å². The molecule has 0 bridgehead atoms. The zero-order chi connectivity index (χ0) is 23.2. The smallest absolute Gasteiger partial charge is 0.242 e. The minimum Gasteiger partial charge on any atom is -0.350 e. The molecule has 0 aliphatic heterocycles. The molecule has 0 spiro atoms. The topological polar surface area (TPSA) is 49.4 Å². The molecule has 0 aromatic heterocycles. The number of benzene rings is 2. The van der Waals surface area contributed by atoms with Gasteiger partial charge in [0.15, 0.2) is 0 Å². The van der Waals surface area contributed by atoms with E-state index in [1.165, 1.54) is 11.8 Å². The first-order valence-electron chi connectivity index (χ1n) is 9.84. The van der Waals surface area contributed by atoms with Gasteiger partial charge in [0.25, 0.3) is 0 Å². The number of thioether (sulfide) groups is 1. The first kappa shape index (κ1) is 25.9. The molecular weight excluding hydrogens is 475 g/mol. The first-order chi connectivity index (χ1) is 14.5. The Balaban J connectivity index is 2.13. The van der Waals surface area contributed by atoms with Gasteiger partial charge in [0.2, 0.25) is 11.8 Å².